The lowest BCUT2D eigenvalue weighted by molar-refractivity contribution is -0.132. The molecule has 7 heteroatoms. The molecule has 1 heterocycles. The third-order valence-electron chi connectivity index (χ3n) is 4.22. The number of hydrogen-bond donors (Lipinski definition) is 0. The van der Waals surface area contributed by atoms with Crippen molar-refractivity contribution in [3.8, 4) is 0 Å². The third-order valence-corrected chi connectivity index (χ3v) is 5.08. The summed E-state index contributed by atoms with van der Waals surface area (Å²) in [6.45, 7) is 0.421. The minimum Gasteiger partial charge on any atom is -0.464 e. The average molecular weight is 429 g/mol. The van der Waals surface area contributed by atoms with Crippen LogP contribution in [0.1, 0.15) is 21.5 Å². The lowest BCUT2D eigenvalue weighted by Gasteiger charge is -2.13. The van der Waals surface area contributed by atoms with Gasteiger partial charge < -0.3 is 14.1 Å². The first kappa shape index (κ1) is 18.8. The zero-order valence-corrected chi connectivity index (χ0v) is 16.4. The number of nitrogens with zero attached hydrogens (tertiary/aromatic N) is 2. The monoisotopic (exact) mass is 428 g/mol. The summed E-state index contributed by atoms with van der Waals surface area (Å²) in [5.41, 5.74) is 3.01. The number of benzene rings is 2. The zero-order chi connectivity index (χ0) is 19.4. The van der Waals surface area contributed by atoms with Gasteiger partial charge in [-0.3, -0.25) is 4.79 Å². The van der Waals surface area contributed by atoms with E-state index in [9.17, 15) is 9.59 Å². The number of hydrogen-bond acceptors (Lipinski definition) is 5. The number of halogens is 1. The molecular weight excluding hydrogens is 412 g/mol. The Hall–Kier alpha value is -2.93. The van der Waals surface area contributed by atoms with Crippen LogP contribution in [0.15, 0.2) is 58.3 Å². The fourth-order valence-corrected chi connectivity index (χ4v) is 3.63. The molecule has 3 aromatic rings. The number of esters is 1. The lowest BCUT2D eigenvalue weighted by Crippen LogP contribution is -2.20. The Morgan fingerprint density at radius 1 is 1.15 bits per heavy atom. The molecule has 0 amide bonds. The van der Waals surface area contributed by atoms with Crippen molar-refractivity contribution in [1.82, 2.24) is 4.57 Å². The quantitative estimate of drug-likeness (QED) is 0.259. The third kappa shape index (κ3) is 3.50. The number of carbonyl (C=O) groups excluding carboxylic acids is 2. The van der Waals surface area contributed by atoms with E-state index < -0.39 is 5.97 Å². The second kappa shape index (κ2) is 8.18. The summed E-state index contributed by atoms with van der Waals surface area (Å²) in [6, 6.07) is 15.0. The normalized spacial score (nSPS) is 11.4. The van der Waals surface area contributed by atoms with Crippen LogP contribution >= 0.6 is 15.9 Å². The first-order valence-corrected chi connectivity index (χ1v) is 8.91. The van der Waals surface area contributed by atoms with Gasteiger partial charge in [0.25, 0.3) is 0 Å². The number of methoxy groups -OCH3 is 1. The van der Waals surface area contributed by atoms with E-state index in [4.69, 9.17) is 9.57 Å². The molecule has 0 saturated carbocycles. The summed E-state index contributed by atoms with van der Waals surface area (Å²) >= 11 is 3.53. The molecule has 0 radical (unpaired) electrons. The van der Waals surface area contributed by atoms with Gasteiger partial charge >= 0.3 is 5.97 Å². The van der Waals surface area contributed by atoms with Crippen molar-refractivity contribution in [3.05, 3.63) is 69.8 Å². The highest BCUT2D eigenvalue weighted by Crippen LogP contribution is 2.30. The molecule has 0 atom stereocenters. The van der Waals surface area contributed by atoms with Crippen LogP contribution in [-0.4, -0.2) is 36.8 Å². The maximum atomic E-state index is 12.1. The van der Waals surface area contributed by atoms with Crippen molar-refractivity contribution in [3.63, 3.8) is 0 Å². The summed E-state index contributed by atoms with van der Waals surface area (Å²) < 4.78 is 7.48. The van der Waals surface area contributed by atoms with Crippen molar-refractivity contribution in [2.75, 3.05) is 14.2 Å². The Labute approximate surface area is 164 Å². The molecule has 0 aliphatic heterocycles. The van der Waals surface area contributed by atoms with Crippen LogP contribution in [0, 0.1) is 0 Å². The highest BCUT2D eigenvalue weighted by atomic mass is 79.9. The number of carbonyl (C=O) groups is 2. The molecule has 0 bridgehead atoms. The first-order valence-electron chi connectivity index (χ1n) is 8.12. The van der Waals surface area contributed by atoms with Gasteiger partial charge in [0, 0.05) is 23.0 Å². The highest BCUT2D eigenvalue weighted by Gasteiger charge is 2.21. The minimum atomic E-state index is -0.589. The van der Waals surface area contributed by atoms with Gasteiger partial charge in [-0.2, -0.15) is 0 Å². The first-order chi connectivity index (χ1) is 13.1. The van der Waals surface area contributed by atoms with Crippen LogP contribution in [-0.2, 0) is 20.9 Å². The number of fused-ring (bicyclic) bond motifs is 1. The van der Waals surface area contributed by atoms with E-state index in [1.54, 1.807) is 6.07 Å². The minimum absolute atomic E-state index is 0.0822. The molecule has 0 aliphatic carbocycles. The second-order valence-corrected chi connectivity index (χ2v) is 6.45. The van der Waals surface area contributed by atoms with Crippen LogP contribution in [0.5, 0.6) is 0 Å². The number of para-hydroxylation sites is 1. The highest BCUT2D eigenvalue weighted by molar-refractivity contribution is 9.10. The second-order valence-electron chi connectivity index (χ2n) is 5.70. The Bertz CT molecular complexity index is 1040. The number of oxime groups is 1. The summed E-state index contributed by atoms with van der Waals surface area (Å²) in [7, 11) is 2.67. The van der Waals surface area contributed by atoms with Gasteiger partial charge in [0.1, 0.15) is 7.11 Å². The molecule has 1 aromatic heterocycles. The van der Waals surface area contributed by atoms with E-state index >= 15 is 0 Å². The predicted molar refractivity (Wildman–Crippen MR) is 106 cm³/mol. The zero-order valence-electron chi connectivity index (χ0n) is 14.8. The number of ether oxygens (including phenoxy) is 1. The molecule has 0 spiro atoms. The van der Waals surface area contributed by atoms with Crippen LogP contribution in [0.25, 0.3) is 10.9 Å². The van der Waals surface area contributed by atoms with Crippen molar-refractivity contribution < 1.29 is 19.2 Å². The molecular formula is C20H17BrN2O4. The maximum Gasteiger partial charge on any atom is 0.360 e. The maximum absolute atomic E-state index is 12.1. The van der Waals surface area contributed by atoms with Crippen LogP contribution < -0.4 is 0 Å². The Morgan fingerprint density at radius 2 is 1.85 bits per heavy atom. The largest absolute Gasteiger partial charge is 0.464 e. The van der Waals surface area contributed by atoms with Crippen molar-refractivity contribution >= 4 is 44.8 Å². The SMILES string of the molecule is CO/N=C(/C(=O)OC)c1ccccc1Cn1c(Br)c(C=O)c2ccccc21. The van der Waals surface area contributed by atoms with Gasteiger partial charge in [0.2, 0.25) is 0 Å². The summed E-state index contributed by atoms with van der Waals surface area (Å²) in [5.74, 6) is -0.589. The number of rotatable bonds is 6. The van der Waals surface area contributed by atoms with E-state index in [0.29, 0.717) is 22.3 Å². The Kier molecular flexibility index (Phi) is 5.71. The van der Waals surface area contributed by atoms with E-state index in [-0.39, 0.29) is 5.71 Å². The average Bonchev–Trinajstić information content (AvgIpc) is 2.97. The van der Waals surface area contributed by atoms with Crippen LogP contribution in [0.2, 0.25) is 0 Å². The van der Waals surface area contributed by atoms with E-state index in [0.717, 1.165) is 22.8 Å². The smallest absolute Gasteiger partial charge is 0.360 e. The molecule has 27 heavy (non-hydrogen) atoms. The fraction of sp³-hybridized carbons (Fsp3) is 0.150. The summed E-state index contributed by atoms with van der Waals surface area (Å²) in [5, 5.41) is 4.70. The van der Waals surface area contributed by atoms with Gasteiger partial charge in [-0.25, -0.2) is 4.79 Å². The molecule has 0 unspecified atom stereocenters. The number of aldehydes is 1. The Balaban J connectivity index is 2.15. The molecule has 2 aromatic carbocycles. The molecule has 0 N–H and O–H groups in total. The number of aromatic nitrogens is 1. The standard InChI is InChI=1S/C20H17BrN2O4/c1-26-20(25)18(22-27-2)14-8-4-3-7-13(14)11-23-17-10-6-5-9-15(17)16(12-24)19(23)21/h3-10,12H,11H2,1-2H3/b22-18+. The van der Waals surface area contributed by atoms with E-state index in [1.807, 2.05) is 47.0 Å². The van der Waals surface area contributed by atoms with Gasteiger partial charge in [-0.1, -0.05) is 47.6 Å². The summed E-state index contributed by atoms with van der Waals surface area (Å²) in [4.78, 5) is 28.5. The van der Waals surface area contributed by atoms with Crippen molar-refractivity contribution in [1.29, 1.82) is 0 Å². The Morgan fingerprint density at radius 3 is 2.56 bits per heavy atom. The topological polar surface area (TPSA) is 69.9 Å². The predicted octanol–water partition coefficient (Wildman–Crippen LogP) is 3.79. The molecule has 6 nitrogen and oxygen atoms in total. The summed E-state index contributed by atoms with van der Waals surface area (Å²) in [6.07, 6.45) is 0.834. The van der Waals surface area contributed by atoms with Gasteiger partial charge in [0.05, 0.1) is 17.3 Å². The molecule has 3 rings (SSSR count). The van der Waals surface area contributed by atoms with E-state index in [2.05, 4.69) is 21.1 Å². The van der Waals surface area contributed by atoms with E-state index in [1.165, 1.54) is 14.2 Å². The molecule has 0 aliphatic rings. The molecule has 0 fully saturated rings. The van der Waals surface area contributed by atoms with Crippen LogP contribution in [0.4, 0.5) is 0 Å². The molecule has 138 valence electrons. The molecule has 0 saturated heterocycles. The van der Waals surface area contributed by atoms with Gasteiger partial charge in [-0.05, 0) is 27.6 Å². The van der Waals surface area contributed by atoms with Gasteiger partial charge in [-0.15, -0.1) is 0 Å². The van der Waals surface area contributed by atoms with Gasteiger partial charge in [0.15, 0.2) is 12.0 Å². The fourth-order valence-electron chi connectivity index (χ4n) is 3.01. The lowest BCUT2D eigenvalue weighted by atomic mass is 10.0. The van der Waals surface area contributed by atoms with Crippen molar-refractivity contribution in [2.45, 2.75) is 6.54 Å². The van der Waals surface area contributed by atoms with Crippen molar-refractivity contribution in [2.24, 2.45) is 5.16 Å². The van der Waals surface area contributed by atoms with Crippen LogP contribution in [0.3, 0.4) is 0 Å².